The zero-order valence-corrected chi connectivity index (χ0v) is 10.8. The van der Waals surface area contributed by atoms with E-state index in [9.17, 15) is 4.79 Å². The molecule has 0 aliphatic rings. The smallest absolute Gasteiger partial charge is 0.340 e. The topological polar surface area (TPSA) is 70.8 Å². The Morgan fingerprint density at radius 2 is 2.06 bits per heavy atom. The Kier molecular flexibility index (Phi) is 6.00. The number of hydrogen-bond acceptors (Lipinski definition) is 5. The number of nitrogen functional groups attached to an aromatic ring is 1. The summed E-state index contributed by atoms with van der Waals surface area (Å²) in [6.45, 7) is 3.64. The van der Waals surface area contributed by atoms with Crippen LogP contribution in [-0.4, -0.2) is 32.9 Å². The minimum Gasteiger partial charge on any atom is -0.489 e. The van der Waals surface area contributed by atoms with E-state index in [0.717, 1.165) is 6.42 Å². The van der Waals surface area contributed by atoms with Gasteiger partial charge in [-0.15, -0.1) is 0 Å². The van der Waals surface area contributed by atoms with Crippen molar-refractivity contribution >= 4 is 11.7 Å². The molecule has 0 saturated heterocycles. The van der Waals surface area contributed by atoms with Crippen molar-refractivity contribution in [3.05, 3.63) is 23.8 Å². The summed E-state index contributed by atoms with van der Waals surface area (Å²) in [7, 11) is 1.31. The van der Waals surface area contributed by atoms with Crippen LogP contribution in [0.15, 0.2) is 18.2 Å². The molecule has 0 bridgehead atoms. The van der Waals surface area contributed by atoms with Gasteiger partial charge < -0.3 is 19.9 Å². The van der Waals surface area contributed by atoms with Crippen LogP contribution in [0, 0.1) is 0 Å². The first kappa shape index (κ1) is 14.3. The highest BCUT2D eigenvalue weighted by Crippen LogP contribution is 2.25. The minimum absolute atomic E-state index is 0.292. The summed E-state index contributed by atoms with van der Waals surface area (Å²) in [5.74, 6) is -0.00168. The number of carbonyl (C=O) groups is 1. The van der Waals surface area contributed by atoms with Gasteiger partial charge in [-0.1, -0.05) is 13.0 Å². The highest BCUT2D eigenvalue weighted by atomic mass is 16.5. The lowest BCUT2D eigenvalue weighted by molar-refractivity contribution is 0.0601. The van der Waals surface area contributed by atoms with Crippen molar-refractivity contribution in [2.75, 3.05) is 32.7 Å². The van der Waals surface area contributed by atoms with Crippen molar-refractivity contribution in [1.82, 2.24) is 0 Å². The Hall–Kier alpha value is -1.75. The van der Waals surface area contributed by atoms with E-state index in [-0.39, 0.29) is 0 Å². The number of methoxy groups -OCH3 is 1. The quantitative estimate of drug-likeness (QED) is 0.456. The van der Waals surface area contributed by atoms with Gasteiger partial charge in [0.15, 0.2) is 0 Å². The van der Waals surface area contributed by atoms with Gasteiger partial charge in [-0.05, 0) is 18.6 Å². The molecule has 5 nitrogen and oxygen atoms in total. The van der Waals surface area contributed by atoms with E-state index in [2.05, 4.69) is 4.74 Å². The number of para-hydroxylation sites is 1. The second-order valence-corrected chi connectivity index (χ2v) is 3.67. The fourth-order valence-corrected chi connectivity index (χ4v) is 1.41. The summed E-state index contributed by atoms with van der Waals surface area (Å²) in [4.78, 5) is 11.4. The van der Waals surface area contributed by atoms with Gasteiger partial charge in [0.05, 0.1) is 25.0 Å². The number of esters is 1. The molecule has 0 saturated carbocycles. The summed E-state index contributed by atoms with van der Waals surface area (Å²) < 4.78 is 15.4. The van der Waals surface area contributed by atoms with Crippen LogP contribution in [0.4, 0.5) is 5.69 Å². The standard InChI is InChI=1S/C13H19NO4/c1-3-7-17-8-9-18-11-6-4-5-10(12(11)14)13(15)16-2/h4-6H,3,7-9,14H2,1-2H3. The highest BCUT2D eigenvalue weighted by molar-refractivity contribution is 5.96. The van der Waals surface area contributed by atoms with Crippen molar-refractivity contribution in [1.29, 1.82) is 0 Å². The third kappa shape index (κ3) is 3.92. The second kappa shape index (κ2) is 7.55. The van der Waals surface area contributed by atoms with E-state index in [1.54, 1.807) is 18.2 Å². The van der Waals surface area contributed by atoms with Crippen molar-refractivity contribution < 1.29 is 19.0 Å². The van der Waals surface area contributed by atoms with Gasteiger partial charge in [0, 0.05) is 6.61 Å². The largest absolute Gasteiger partial charge is 0.489 e. The molecule has 0 spiro atoms. The maximum absolute atomic E-state index is 11.4. The Morgan fingerprint density at radius 1 is 1.28 bits per heavy atom. The Labute approximate surface area is 107 Å². The molecule has 1 aromatic carbocycles. The van der Waals surface area contributed by atoms with Crippen LogP contribution in [0.3, 0.4) is 0 Å². The Balaban J connectivity index is 2.58. The second-order valence-electron chi connectivity index (χ2n) is 3.67. The molecule has 0 aromatic heterocycles. The number of anilines is 1. The van der Waals surface area contributed by atoms with Crippen molar-refractivity contribution in [3.8, 4) is 5.75 Å². The Morgan fingerprint density at radius 3 is 2.72 bits per heavy atom. The van der Waals surface area contributed by atoms with E-state index in [1.165, 1.54) is 7.11 Å². The number of carbonyl (C=O) groups excluding carboxylic acids is 1. The van der Waals surface area contributed by atoms with Gasteiger partial charge in [-0.3, -0.25) is 0 Å². The van der Waals surface area contributed by atoms with E-state index < -0.39 is 5.97 Å². The van der Waals surface area contributed by atoms with Crippen molar-refractivity contribution in [2.45, 2.75) is 13.3 Å². The third-order valence-electron chi connectivity index (χ3n) is 2.31. The summed E-state index contributed by atoms with van der Waals surface area (Å²) in [6.07, 6.45) is 0.972. The Bertz CT molecular complexity index is 393. The molecule has 0 aliphatic carbocycles. The molecule has 0 heterocycles. The van der Waals surface area contributed by atoms with Crippen molar-refractivity contribution in [2.24, 2.45) is 0 Å². The predicted octanol–water partition coefficient (Wildman–Crippen LogP) is 1.86. The number of nitrogens with two attached hydrogens (primary N) is 1. The van der Waals surface area contributed by atoms with E-state index >= 15 is 0 Å². The number of hydrogen-bond donors (Lipinski definition) is 1. The molecule has 0 fully saturated rings. The van der Waals surface area contributed by atoms with E-state index in [0.29, 0.717) is 36.8 Å². The summed E-state index contributed by atoms with van der Waals surface area (Å²) in [5, 5.41) is 0. The van der Waals surface area contributed by atoms with E-state index in [4.69, 9.17) is 15.2 Å². The van der Waals surface area contributed by atoms with Crippen LogP contribution in [0.5, 0.6) is 5.75 Å². The van der Waals surface area contributed by atoms with Gasteiger partial charge in [0.25, 0.3) is 0 Å². The van der Waals surface area contributed by atoms with Gasteiger partial charge in [0.2, 0.25) is 0 Å². The maximum Gasteiger partial charge on any atom is 0.340 e. The van der Waals surface area contributed by atoms with Gasteiger partial charge in [0.1, 0.15) is 12.4 Å². The first-order valence-electron chi connectivity index (χ1n) is 5.88. The molecule has 18 heavy (non-hydrogen) atoms. The molecule has 0 atom stereocenters. The van der Waals surface area contributed by atoms with Gasteiger partial charge in [-0.25, -0.2) is 4.79 Å². The fourth-order valence-electron chi connectivity index (χ4n) is 1.41. The average Bonchev–Trinajstić information content (AvgIpc) is 2.39. The molecule has 0 unspecified atom stereocenters. The summed E-state index contributed by atoms with van der Waals surface area (Å²) >= 11 is 0. The van der Waals surface area contributed by atoms with E-state index in [1.807, 2.05) is 6.92 Å². The third-order valence-corrected chi connectivity index (χ3v) is 2.31. The lowest BCUT2D eigenvalue weighted by atomic mass is 10.1. The molecule has 2 N–H and O–H groups in total. The molecule has 1 rings (SSSR count). The van der Waals surface area contributed by atoms with Crippen LogP contribution in [-0.2, 0) is 9.47 Å². The number of ether oxygens (including phenoxy) is 3. The minimum atomic E-state index is -0.472. The van der Waals surface area contributed by atoms with Crippen LogP contribution in [0.1, 0.15) is 23.7 Å². The lowest BCUT2D eigenvalue weighted by Crippen LogP contribution is -2.11. The number of benzene rings is 1. The van der Waals surface area contributed by atoms with Crippen molar-refractivity contribution in [3.63, 3.8) is 0 Å². The van der Waals surface area contributed by atoms with Crippen LogP contribution in [0.2, 0.25) is 0 Å². The average molecular weight is 253 g/mol. The molecular weight excluding hydrogens is 234 g/mol. The summed E-state index contributed by atoms with van der Waals surface area (Å²) in [5.41, 5.74) is 6.44. The fraction of sp³-hybridized carbons (Fsp3) is 0.462. The summed E-state index contributed by atoms with van der Waals surface area (Å²) in [6, 6.07) is 5.01. The van der Waals surface area contributed by atoms with Crippen LogP contribution < -0.4 is 10.5 Å². The molecule has 0 aliphatic heterocycles. The SMILES string of the molecule is CCCOCCOc1cccc(C(=O)OC)c1N. The first-order valence-corrected chi connectivity index (χ1v) is 5.88. The van der Waals surface area contributed by atoms with Gasteiger partial charge in [-0.2, -0.15) is 0 Å². The molecule has 5 heteroatoms. The predicted molar refractivity (Wildman–Crippen MR) is 68.8 cm³/mol. The zero-order valence-electron chi connectivity index (χ0n) is 10.8. The number of rotatable bonds is 7. The molecule has 100 valence electrons. The maximum atomic E-state index is 11.4. The molecule has 0 amide bonds. The first-order chi connectivity index (χ1) is 8.70. The monoisotopic (exact) mass is 253 g/mol. The molecule has 0 radical (unpaired) electrons. The van der Waals surface area contributed by atoms with Crippen LogP contribution >= 0.6 is 0 Å². The highest BCUT2D eigenvalue weighted by Gasteiger charge is 2.13. The van der Waals surface area contributed by atoms with Gasteiger partial charge >= 0.3 is 5.97 Å². The normalized spacial score (nSPS) is 10.1. The lowest BCUT2D eigenvalue weighted by Gasteiger charge is -2.11. The molecular formula is C13H19NO4. The molecule has 1 aromatic rings. The zero-order chi connectivity index (χ0) is 13.4. The van der Waals surface area contributed by atoms with Crippen LogP contribution in [0.25, 0.3) is 0 Å².